The third-order valence-corrected chi connectivity index (χ3v) is 2.68. The van der Waals surface area contributed by atoms with Gasteiger partial charge < -0.3 is 9.30 Å². The molecule has 1 aromatic heterocycles. The molecule has 0 aliphatic heterocycles. The molecule has 0 saturated carbocycles. The molecule has 1 aromatic carbocycles. The van der Waals surface area contributed by atoms with E-state index in [1.54, 1.807) is 30.7 Å². The number of rotatable bonds is 5. The number of hydrogen-bond donors (Lipinski definition) is 0. The summed E-state index contributed by atoms with van der Waals surface area (Å²) in [5.74, 6) is 0.538. The van der Waals surface area contributed by atoms with E-state index in [2.05, 4.69) is 11.1 Å². The Morgan fingerprint density at radius 2 is 2.33 bits per heavy atom. The van der Waals surface area contributed by atoms with Crippen molar-refractivity contribution in [2.24, 2.45) is 0 Å². The van der Waals surface area contributed by atoms with Crippen LogP contribution in [0.1, 0.15) is 12.0 Å². The van der Waals surface area contributed by atoms with Gasteiger partial charge >= 0.3 is 0 Å². The normalized spacial score (nSPS) is 10.0. The van der Waals surface area contributed by atoms with Gasteiger partial charge in [0.15, 0.2) is 0 Å². The van der Waals surface area contributed by atoms with Crippen molar-refractivity contribution in [3.05, 3.63) is 47.5 Å². The van der Waals surface area contributed by atoms with Crippen LogP contribution in [0.15, 0.2) is 36.9 Å². The number of nitrogens with zero attached hydrogens (tertiary/aromatic N) is 3. The van der Waals surface area contributed by atoms with Crippen LogP contribution in [0.25, 0.3) is 0 Å². The van der Waals surface area contributed by atoms with Crippen LogP contribution in [0.4, 0.5) is 0 Å². The minimum atomic E-state index is 0.502. The number of halogens is 1. The summed E-state index contributed by atoms with van der Waals surface area (Å²) in [6.07, 6.45) is 6.25. The highest BCUT2D eigenvalue weighted by Crippen LogP contribution is 2.22. The molecule has 5 heteroatoms. The van der Waals surface area contributed by atoms with Crippen molar-refractivity contribution in [2.75, 3.05) is 6.61 Å². The number of aromatic nitrogens is 2. The third-order valence-electron chi connectivity index (χ3n) is 2.44. The summed E-state index contributed by atoms with van der Waals surface area (Å²) in [6.45, 7) is 1.37. The van der Waals surface area contributed by atoms with Crippen LogP contribution >= 0.6 is 11.6 Å². The molecule has 0 aliphatic rings. The van der Waals surface area contributed by atoms with E-state index in [9.17, 15) is 0 Å². The zero-order valence-corrected chi connectivity index (χ0v) is 10.5. The van der Waals surface area contributed by atoms with Gasteiger partial charge in [0.2, 0.25) is 0 Å². The number of imidazole rings is 1. The van der Waals surface area contributed by atoms with Gasteiger partial charge in [-0.3, -0.25) is 0 Å². The molecule has 18 heavy (non-hydrogen) atoms. The number of hydrogen-bond acceptors (Lipinski definition) is 3. The van der Waals surface area contributed by atoms with Gasteiger partial charge in [-0.2, -0.15) is 5.26 Å². The Bertz CT molecular complexity index is 546. The lowest BCUT2D eigenvalue weighted by Crippen LogP contribution is -2.04. The molecule has 0 spiro atoms. The highest BCUT2D eigenvalue weighted by molar-refractivity contribution is 6.30. The van der Waals surface area contributed by atoms with Crippen LogP contribution in [0.5, 0.6) is 5.75 Å². The predicted octanol–water partition coefficient (Wildman–Crippen LogP) is 2.88. The maximum atomic E-state index is 8.93. The van der Waals surface area contributed by atoms with E-state index in [1.807, 2.05) is 10.8 Å². The Hall–Kier alpha value is -1.99. The van der Waals surface area contributed by atoms with Crippen LogP contribution < -0.4 is 4.74 Å². The molecule has 0 N–H and O–H groups in total. The van der Waals surface area contributed by atoms with Gasteiger partial charge in [0.1, 0.15) is 11.8 Å². The van der Waals surface area contributed by atoms with E-state index in [4.69, 9.17) is 21.6 Å². The van der Waals surface area contributed by atoms with E-state index >= 15 is 0 Å². The third kappa shape index (κ3) is 3.25. The second kappa shape index (κ2) is 6.08. The quantitative estimate of drug-likeness (QED) is 0.778. The molecule has 1 heterocycles. The van der Waals surface area contributed by atoms with Crippen molar-refractivity contribution >= 4 is 11.6 Å². The molecule has 4 nitrogen and oxygen atoms in total. The lowest BCUT2D eigenvalue weighted by atomic mass is 10.2. The standard InChI is InChI=1S/C13H12ClN3O/c14-12-3-2-11(9-15)13(8-12)18-7-1-5-17-6-4-16-10-17/h2-4,6,8,10H,1,5,7H2. The van der Waals surface area contributed by atoms with Gasteiger partial charge in [-0.15, -0.1) is 0 Å². The van der Waals surface area contributed by atoms with E-state index in [1.165, 1.54) is 0 Å². The van der Waals surface area contributed by atoms with Gasteiger partial charge in [-0.25, -0.2) is 4.98 Å². The molecule has 0 fully saturated rings. The lowest BCUT2D eigenvalue weighted by molar-refractivity contribution is 0.301. The van der Waals surface area contributed by atoms with Crippen molar-refractivity contribution in [1.29, 1.82) is 5.26 Å². The molecular formula is C13H12ClN3O. The van der Waals surface area contributed by atoms with E-state index in [-0.39, 0.29) is 0 Å². The second-order valence-corrected chi connectivity index (χ2v) is 4.19. The van der Waals surface area contributed by atoms with Gasteiger partial charge in [0, 0.05) is 30.0 Å². The van der Waals surface area contributed by atoms with Gasteiger partial charge in [-0.05, 0) is 18.6 Å². The number of nitriles is 1. The van der Waals surface area contributed by atoms with E-state index < -0.39 is 0 Å². The summed E-state index contributed by atoms with van der Waals surface area (Å²) >= 11 is 5.87. The minimum absolute atomic E-state index is 0.502. The smallest absolute Gasteiger partial charge is 0.138 e. The van der Waals surface area contributed by atoms with Crippen molar-refractivity contribution < 1.29 is 4.74 Å². The van der Waals surface area contributed by atoms with E-state index in [0.717, 1.165) is 13.0 Å². The van der Waals surface area contributed by atoms with Crippen molar-refractivity contribution in [2.45, 2.75) is 13.0 Å². The molecule has 2 rings (SSSR count). The first-order valence-corrected chi connectivity index (χ1v) is 5.95. The Balaban J connectivity index is 1.86. The zero-order valence-electron chi connectivity index (χ0n) is 9.71. The fourth-order valence-electron chi connectivity index (χ4n) is 1.56. The molecular weight excluding hydrogens is 250 g/mol. The number of aryl methyl sites for hydroxylation is 1. The minimum Gasteiger partial charge on any atom is -0.492 e. The largest absolute Gasteiger partial charge is 0.492 e. The molecule has 0 unspecified atom stereocenters. The van der Waals surface area contributed by atoms with Gasteiger partial charge in [0.05, 0.1) is 18.5 Å². The molecule has 0 radical (unpaired) electrons. The number of benzene rings is 1. The molecule has 0 saturated heterocycles. The van der Waals surface area contributed by atoms with Gasteiger partial charge in [-0.1, -0.05) is 11.6 Å². The molecule has 92 valence electrons. The lowest BCUT2D eigenvalue weighted by Gasteiger charge is -2.08. The van der Waals surface area contributed by atoms with Gasteiger partial charge in [0.25, 0.3) is 0 Å². The van der Waals surface area contributed by atoms with Crippen molar-refractivity contribution in [1.82, 2.24) is 9.55 Å². The number of ether oxygens (including phenoxy) is 1. The Morgan fingerprint density at radius 1 is 1.44 bits per heavy atom. The van der Waals surface area contributed by atoms with Crippen LogP contribution in [0.2, 0.25) is 5.02 Å². The maximum Gasteiger partial charge on any atom is 0.138 e. The van der Waals surface area contributed by atoms with E-state index in [0.29, 0.717) is 22.9 Å². The van der Waals surface area contributed by atoms with Crippen LogP contribution in [0, 0.1) is 11.3 Å². The Labute approximate surface area is 110 Å². The van der Waals surface area contributed by atoms with Crippen LogP contribution in [0.3, 0.4) is 0 Å². The maximum absolute atomic E-state index is 8.93. The first-order valence-electron chi connectivity index (χ1n) is 5.58. The predicted molar refractivity (Wildman–Crippen MR) is 68.5 cm³/mol. The second-order valence-electron chi connectivity index (χ2n) is 3.75. The first-order chi connectivity index (χ1) is 8.79. The Kier molecular flexibility index (Phi) is 4.21. The topological polar surface area (TPSA) is 50.8 Å². The highest BCUT2D eigenvalue weighted by atomic mass is 35.5. The van der Waals surface area contributed by atoms with Crippen molar-refractivity contribution in [3.63, 3.8) is 0 Å². The monoisotopic (exact) mass is 261 g/mol. The molecule has 2 aromatic rings. The summed E-state index contributed by atoms with van der Waals surface area (Å²) in [5.41, 5.74) is 0.502. The average Bonchev–Trinajstić information content (AvgIpc) is 2.88. The van der Waals surface area contributed by atoms with Crippen molar-refractivity contribution in [3.8, 4) is 11.8 Å². The summed E-state index contributed by atoms with van der Waals surface area (Å²) in [4.78, 5) is 3.96. The fourth-order valence-corrected chi connectivity index (χ4v) is 1.72. The SMILES string of the molecule is N#Cc1ccc(Cl)cc1OCCCn1ccnc1. The van der Waals surface area contributed by atoms with Crippen LogP contribution in [-0.4, -0.2) is 16.2 Å². The molecule has 0 aliphatic carbocycles. The average molecular weight is 262 g/mol. The molecule has 0 bridgehead atoms. The zero-order chi connectivity index (χ0) is 12.8. The fraction of sp³-hybridized carbons (Fsp3) is 0.231. The Morgan fingerprint density at radius 3 is 3.06 bits per heavy atom. The summed E-state index contributed by atoms with van der Waals surface area (Å²) in [7, 11) is 0. The molecule has 0 atom stereocenters. The summed E-state index contributed by atoms with van der Waals surface area (Å²) < 4.78 is 7.55. The summed E-state index contributed by atoms with van der Waals surface area (Å²) in [5, 5.41) is 9.50. The van der Waals surface area contributed by atoms with Crippen LogP contribution in [-0.2, 0) is 6.54 Å². The molecule has 0 amide bonds. The highest BCUT2D eigenvalue weighted by Gasteiger charge is 2.03. The first kappa shape index (κ1) is 12.5. The summed E-state index contributed by atoms with van der Waals surface area (Å²) in [6, 6.07) is 7.08.